The Morgan fingerprint density at radius 2 is 1.86 bits per heavy atom. The highest BCUT2D eigenvalue weighted by molar-refractivity contribution is 5.33. The van der Waals surface area contributed by atoms with Gasteiger partial charge in [-0.15, -0.1) is 0 Å². The zero-order valence-electron chi connectivity index (χ0n) is 9.03. The summed E-state index contributed by atoms with van der Waals surface area (Å²) < 4.78 is 5.74. The van der Waals surface area contributed by atoms with E-state index in [2.05, 4.69) is 50.2 Å². The molecule has 0 saturated carbocycles. The molecule has 2 rings (SSSR count). The van der Waals surface area contributed by atoms with Crippen LogP contribution in [0.1, 0.15) is 30.2 Å². The predicted octanol–water partition coefficient (Wildman–Crippen LogP) is 2.38. The third-order valence-corrected chi connectivity index (χ3v) is 2.92. The van der Waals surface area contributed by atoms with Gasteiger partial charge in [-0.1, -0.05) is 24.3 Å². The van der Waals surface area contributed by atoms with Gasteiger partial charge in [-0.2, -0.15) is 0 Å². The first-order valence-electron chi connectivity index (χ1n) is 5.07. The van der Waals surface area contributed by atoms with Crippen LogP contribution in [0.2, 0.25) is 0 Å². The van der Waals surface area contributed by atoms with E-state index in [0.717, 1.165) is 6.61 Å². The maximum absolute atomic E-state index is 5.74. The minimum atomic E-state index is 0.238. The third kappa shape index (κ3) is 1.56. The Bertz CT molecular complexity index is 322. The molecule has 1 aliphatic heterocycles. The van der Waals surface area contributed by atoms with Crippen molar-refractivity contribution in [2.75, 3.05) is 20.7 Å². The molecule has 0 saturated heterocycles. The van der Waals surface area contributed by atoms with Gasteiger partial charge in [0, 0.05) is 0 Å². The number of hydrogen-bond acceptors (Lipinski definition) is 2. The van der Waals surface area contributed by atoms with Gasteiger partial charge >= 0.3 is 0 Å². The zero-order chi connectivity index (χ0) is 10.1. The second-order valence-corrected chi connectivity index (χ2v) is 4.08. The van der Waals surface area contributed by atoms with Crippen LogP contribution in [0.5, 0.6) is 0 Å². The fraction of sp³-hybridized carbons (Fsp3) is 0.500. The standard InChI is InChI=1S/C12H17NO/c1-9-10-6-4-5-7-11(10)12(8-14-9)13(2)3/h4-7,9,12H,8H2,1-3H3. The number of benzene rings is 1. The van der Waals surface area contributed by atoms with Crippen molar-refractivity contribution in [2.24, 2.45) is 0 Å². The van der Waals surface area contributed by atoms with Crippen molar-refractivity contribution < 1.29 is 4.74 Å². The van der Waals surface area contributed by atoms with Gasteiger partial charge in [0.05, 0.1) is 18.8 Å². The van der Waals surface area contributed by atoms with Crippen molar-refractivity contribution in [3.8, 4) is 0 Å². The van der Waals surface area contributed by atoms with E-state index < -0.39 is 0 Å². The molecule has 1 aromatic rings. The number of hydrogen-bond donors (Lipinski definition) is 0. The SMILES string of the molecule is CC1OCC(N(C)C)c2ccccc21. The second kappa shape index (κ2) is 3.71. The van der Waals surface area contributed by atoms with Gasteiger partial charge in [0.25, 0.3) is 0 Å². The summed E-state index contributed by atoms with van der Waals surface area (Å²) in [6.07, 6.45) is 0.238. The molecule has 2 unspecified atom stereocenters. The maximum Gasteiger partial charge on any atom is 0.0801 e. The first kappa shape index (κ1) is 9.69. The van der Waals surface area contributed by atoms with Gasteiger partial charge < -0.3 is 9.64 Å². The number of fused-ring (bicyclic) bond motifs is 1. The number of rotatable bonds is 1. The Morgan fingerprint density at radius 3 is 2.50 bits per heavy atom. The zero-order valence-corrected chi connectivity index (χ0v) is 9.03. The summed E-state index contributed by atoms with van der Waals surface area (Å²) in [4.78, 5) is 2.21. The summed E-state index contributed by atoms with van der Waals surface area (Å²) in [5.41, 5.74) is 2.74. The van der Waals surface area contributed by atoms with E-state index in [1.807, 2.05) is 0 Å². The summed E-state index contributed by atoms with van der Waals surface area (Å²) in [5.74, 6) is 0. The lowest BCUT2D eigenvalue weighted by Gasteiger charge is -2.33. The lowest BCUT2D eigenvalue weighted by atomic mass is 9.94. The molecule has 0 aliphatic carbocycles. The van der Waals surface area contributed by atoms with Gasteiger partial charge in [0.2, 0.25) is 0 Å². The highest BCUT2D eigenvalue weighted by Gasteiger charge is 2.25. The molecule has 0 bridgehead atoms. The fourth-order valence-corrected chi connectivity index (χ4v) is 2.03. The van der Waals surface area contributed by atoms with E-state index in [-0.39, 0.29) is 6.10 Å². The van der Waals surface area contributed by atoms with Gasteiger partial charge in [-0.25, -0.2) is 0 Å². The first-order chi connectivity index (χ1) is 6.70. The van der Waals surface area contributed by atoms with Crippen LogP contribution in [-0.4, -0.2) is 25.6 Å². The molecule has 76 valence electrons. The van der Waals surface area contributed by atoms with Gasteiger partial charge in [-0.05, 0) is 32.1 Å². The Kier molecular flexibility index (Phi) is 2.57. The molecule has 0 N–H and O–H groups in total. The van der Waals surface area contributed by atoms with Crippen molar-refractivity contribution in [1.29, 1.82) is 0 Å². The van der Waals surface area contributed by atoms with Crippen molar-refractivity contribution in [2.45, 2.75) is 19.1 Å². The van der Waals surface area contributed by atoms with E-state index in [9.17, 15) is 0 Å². The molecule has 14 heavy (non-hydrogen) atoms. The predicted molar refractivity (Wildman–Crippen MR) is 57.2 cm³/mol. The summed E-state index contributed by atoms with van der Waals surface area (Å²) >= 11 is 0. The first-order valence-corrected chi connectivity index (χ1v) is 5.07. The number of nitrogens with zero attached hydrogens (tertiary/aromatic N) is 1. The molecular weight excluding hydrogens is 174 g/mol. The minimum Gasteiger partial charge on any atom is -0.372 e. The van der Waals surface area contributed by atoms with Crippen LogP contribution < -0.4 is 0 Å². The van der Waals surface area contributed by atoms with Crippen molar-refractivity contribution in [3.05, 3.63) is 35.4 Å². The Morgan fingerprint density at radius 1 is 1.21 bits per heavy atom. The normalized spacial score (nSPS) is 26.3. The molecule has 1 aromatic carbocycles. The highest BCUT2D eigenvalue weighted by Crippen LogP contribution is 2.33. The minimum absolute atomic E-state index is 0.238. The van der Waals surface area contributed by atoms with E-state index in [1.54, 1.807) is 0 Å². The fourth-order valence-electron chi connectivity index (χ4n) is 2.03. The number of likely N-dealkylation sites (N-methyl/N-ethyl adjacent to an activating group) is 1. The molecule has 0 fully saturated rings. The summed E-state index contributed by atoms with van der Waals surface area (Å²) in [6, 6.07) is 8.96. The molecule has 2 nitrogen and oxygen atoms in total. The molecule has 0 spiro atoms. The van der Waals surface area contributed by atoms with E-state index >= 15 is 0 Å². The van der Waals surface area contributed by atoms with Crippen LogP contribution in [0.15, 0.2) is 24.3 Å². The lowest BCUT2D eigenvalue weighted by molar-refractivity contribution is 0.00948. The summed E-state index contributed by atoms with van der Waals surface area (Å²) in [5, 5.41) is 0. The average molecular weight is 191 g/mol. The molecule has 2 atom stereocenters. The molecule has 0 amide bonds. The molecule has 2 heteroatoms. The molecular formula is C12H17NO. The van der Waals surface area contributed by atoms with Crippen LogP contribution >= 0.6 is 0 Å². The van der Waals surface area contributed by atoms with E-state index in [0.29, 0.717) is 6.04 Å². The Hall–Kier alpha value is -0.860. The van der Waals surface area contributed by atoms with Crippen LogP contribution in [0.3, 0.4) is 0 Å². The Balaban J connectivity index is 2.41. The molecule has 1 heterocycles. The van der Waals surface area contributed by atoms with E-state index in [1.165, 1.54) is 11.1 Å². The van der Waals surface area contributed by atoms with Gasteiger partial charge in [-0.3, -0.25) is 0 Å². The van der Waals surface area contributed by atoms with Gasteiger partial charge in [0.15, 0.2) is 0 Å². The summed E-state index contributed by atoms with van der Waals surface area (Å²) in [7, 11) is 4.20. The number of ether oxygens (including phenoxy) is 1. The quantitative estimate of drug-likeness (QED) is 0.675. The van der Waals surface area contributed by atoms with Crippen LogP contribution in [-0.2, 0) is 4.74 Å². The highest BCUT2D eigenvalue weighted by atomic mass is 16.5. The smallest absolute Gasteiger partial charge is 0.0801 e. The lowest BCUT2D eigenvalue weighted by Crippen LogP contribution is -2.30. The monoisotopic (exact) mass is 191 g/mol. The average Bonchev–Trinajstić information content (AvgIpc) is 2.18. The van der Waals surface area contributed by atoms with E-state index in [4.69, 9.17) is 4.74 Å². The van der Waals surface area contributed by atoms with Crippen LogP contribution in [0.4, 0.5) is 0 Å². The van der Waals surface area contributed by atoms with Gasteiger partial charge in [0.1, 0.15) is 0 Å². The summed E-state index contributed by atoms with van der Waals surface area (Å²) in [6.45, 7) is 2.91. The van der Waals surface area contributed by atoms with Crippen LogP contribution in [0, 0.1) is 0 Å². The topological polar surface area (TPSA) is 12.5 Å². The largest absolute Gasteiger partial charge is 0.372 e. The molecule has 0 aromatic heterocycles. The van der Waals surface area contributed by atoms with Crippen molar-refractivity contribution in [1.82, 2.24) is 4.90 Å². The van der Waals surface area contributed by atoms with Crippen molar-refractivity contribution in [3.63, 3.8) is 0 Å². The Labute approximate surface area is 85.5 Å². The van der Waals surface area contributed by atoms with Crippen molar-refractivity contribution >= 4 is 0 Å². The third-order valence-electron chi connectivity index (χ3n) is 2.92. The molecule has 0 radical (unpaired) electrons. The second-order valence-electron chi connectivity index (χ2n) is 4.08. The van der Waals surface area contributed by atoms with Crippen LogP contribution in [0.25, 0.3) is 0 Å². The maximum atomic E-state index is 5.74. The molecule has 1 aliphatic rings.